The van der Waals surface area contributed by atoms with Crippen molar-refractivity contribution in [3.8, 4) is 5.75 Å². The molecular weight excluding hydrogens is 282 g/mol. The summed E-state index contributed by atoms with van der Waals surface area (Å²) in [5.41, 5.74) is 7.78. The van der Waals surface area contributed by atoms with Gasteiger partial charge < -0.3 is 10.5 Å². The molecule has 1 fully saturated rings. The Bertz CT molecular complexity index is 508. The van der Waals surface area contributed by atoms with Gasteiger partial charge in [-0.15, -0.1) is 0 Å². The van der Waals surface area contributed by atoms with Crippen molar-refractivity contribution >= 4 is 17.2 Å². The Morgan fingerprint density at radius 3 is 2.48 bits per heavy atom. The number of ether oxygens (including phenoxy) is 1. The van der Waals surface area contributed by atoms with Crippen LogP contribution in [0.3, 0.4) is 0 Å². The maximum Gasteiger partial charge on any atom is 0.123 e. The van der Waals surface area contributed by atoms with Gasteiger partial charge in [0.25, 0.3) is 0 Å². The van der Waals surface area contributed by atoms with Crippen molar-refractivity contribution in [1.82, 2.24) is 9.80 Å². The molecule has 2 rings (SSSR count). The van der Waals surface area contributed by atoms with Crippen LogP contribution >= 0.6 is 12.2 Å². The SMILES string of the molecule is COc1ccc(C(N)=S)cc1CN1CC(C)N(C)C(C)C1. The lowest BCUT2D eigenvalue weighted by atomic mass is 10.1. The summed E-state index contributed by atoms with van der Waals surface area (Å²) in [6.07, 6.45) is 0. The molecule has 5 heteroatoms. The van der Waals surface area contributed by atoms with E-state index in [4.69, 9.17) is 22.7 Å². The zero-order chi connectivity index (χ0) is 15.6. The quantitative estimate of drug-likeness (QED) is 0.860. The molecular formula is C16H25N3OS. The number of benzene rings is 1. The maximum atomic E-state index is 5.74. The second kappa shape index (κ2) is 6.73. The van der Waals surface area contributed by atoms with Crippen LogP contribution in [-0.4, -0.2) is 54.1 Å². The molecule has 1 heterocycles. The van der Waals surface area contributed by atoms with E-state index in [1.54, 1.807) is 7.11 Å². The van der Waals surface area contributed by atoms with E-state index in [0.29, 0.717) is 17.1 Å². The molecule has 4 nitrogen and oxygen atoms in total. The summed E-state index contributed by atoms with van der Waals surface area (Å²) in [4.78, 5) is 5.33. The predicted octanol–water partition coefficient (Wildman–Crippen LogP) is 1.85. The monoisotopic (exact) mass is 307 g/mol. The van der Waals surface area contributed by atoms with Crippen LogP contribution in [0.1, 0.15) is 25.0 Å². The van der Waals surface area contributed by atoms with Crippen LogP contribution in [0.4, 0.5) is 0 Å². The normalized spacial score (nSPS) is 24.0. The second-order valence-corrected chi connectivity index (χ2v) is 6.39. The fraction of sp³-hybridized carbons (Fsp3) is 0.562. The molecule has 0 bridgehead atoms. The maximum absolute atomic E-state index is 5.74. The van der Waals surface area contributed by atoms with Crippen molar-refractivity contribution in [3.05, 3.63) is 29.3 Å². The molecule has 0 aromatic heterocycles. The first-order valence-corrected chi connectivity index (χ1v) is 7.74. The van der Waals surface area contributed by atoms with E-state index in [9.17, 15) is 0 Å². The summed E-state index contributed by atoms with van der Waals surface area (Å²) in [5, 5.41) is 0. The molecule has 2 N–H and O–H groups in total. The third-order valence-corrected chi connectivity index (χ3v) is 4.63. The molecule has 1 aromatic rings. The van der Waals surface area contributed by atoms with Crippen LogP contribution in [0.15, 0.2) is 18.2 Å². The van der Waals surface area contributed by atoms with Gasteiger partial charge in [-0.1, -0.05) is 12.2 Å². The number of methoxy groups -OCH3 is 1. The molecule has 2 atom stereocenters. The highest BCUT2D eigenvalue weighted by atomic mass is 32.1. The van der Waals surface area contributed by atoms with Crippen molar-refractivity contribution < 1.29 is 4.74 Å². The molecule has 1 saturated heterocycles. The molecule has 0 radical (unpaired) electrons. The van der Waals surface area contributed by atoms with E-state index < -0.39 is 0 Å². The van der Waals surface area contributed by atoms with Crippen molar-refractivity contribution in [3.63, 3.8) is 0 Å². The van der Waals surface area contributed by atoms with Gasteiger partial charge in [0.1, 0.15) is 10.7 Å². The zero-order valence-corrected chi connectivity index (χ0v) is 14.1. The number of hydrogen-bond acceptors (Lipinski definition) is 4. The third kappa shape index (κ3) is 3.73. The van der Waals surface area contributed by atoms with Crippen LogP contribution in [0.2, 0.25) is 0 Å². The average molecular weight is 307 g/mol. The first kappa shape index (κ1) is 16.2. The van der Waals surface area contributed by atoms with Crippen LogP contribution in [0.5, 0.6) is 5.75 Å². The number of likely N-dealkylation sites (N-methyl/N-ethyl adjacent to an activating group) is 1. The molecule has 2 unspecified atom stereocenters. The number of hydrogen-bond donors (Lipinski definition) is 1. The van der Waals surface area contributed by atoms with E-state index in [-0.39, 0.29) is 0 Å². The molecule has 1 aliphatic rings. The first-order chi connectivity index (χ1) is 9.92. The number of thiocarbonyl (C=S) groups is 1. The van der Waals surface area contributed by atoms with Gasteiger partial charge in [-0.3, -0.25) is 9.80 Å². The van der Waals surface area contributed by atoms with Crippen LogP contribution in [0, 0.1) is 0 Å². The minimum atomic E-state index is 0.430. The molecule has 0 spiro atoms. The molecule has 1 aliphatic heterocycles. The Hall–Kier alpha value is -1.17. The summed E-state index contributed by atoms with van der Waals surface area (Å²) in [6.45, 7) is 7.52. The standard InChI is InChI=1S/C16H25N3OS/c1-11-8-19(9-12(2)18(11)3)10-14-7-13(16(17)21)5-6-15(14)20-4/h5-7,11-12H,8-10H2,1-4H3,(H2,17,21). The van der Waals surface area contributed by atoms with Gasteiger partial charge in [-0.05, 0) is 39.1 Å². The fourth-order valence-corrected chi connectivity index (χ4v) is 3.07. The van der Waals surface area contributed by atoms with Gasteiger partial charge in [0.2, 0.25) is 0 Å². The topological polar surface area (TPSA) is 41.7 Å². The van der Waals surface area contributed by atoms with E-state index >= 15 is 0 Å². The molecule has 0 aliphatic carbocycles. The van der Waals surface area contributed by atoms with E-state index in [0.717, 1.165) is 36.5 Å². The molecule has 0 amide bonds. The summed E-state index contributed by atoms with van der Waals surface area (Å²) < 4.78 is 5.48. The first-order valence-electron chi connectivity index (χ1n) is 7.33. The minimum Gasteiger partial charge on any atom is -0.496 e. The van der Waals surface area contributed by atoms with Gasteiger partial charge >= 0.3 is 0 Å². The van der Waals surface area contributed by atoms with Crippen molar-refractivity contribution in [2.75, 3.05) is 27.2 Å². The summed E-state index contributed by atoms with van der Waals surface area (Å²) in [5.74, 6) is 0.897. The summed E-state index contributed by atoms with van der Waals surface area (Å²) >= 11 is 5.08. The van der Waals surface area contributed by atoms with Crippen molar-refractivity contribution in [2.24, 2.45) is 5.73 Å². The predicted molar refractivity (Wildman–Crippen MR) is 90.8 cm³/mol. The second-order valence-electron chi connectivity index (χ2n) is 5.95. The Morgan fingerprint density at radius 1 is 1.33 bits per heavy atom. The Kier molecular flexibility index (Phi) is 5.19. The Labute approximate surface area is 132 Å². The number of piperazine rings is 1. The Balaban J connectivity index is 2.18. The fourth-order valence-electron chi connectivity index (χ4n) is 2.94. The highest BCUT2D eigenvalue weighted by Gasteiger charge is 2.26. The van der Waals surface area contributed by atoms with Crippen LogP contribution in [0.25, 0.3) is 0 Å². The zero-order valence-electron chi connectivity index (χ0n) is 13.3. The van der Waals surface area contributed by atoms with Crippen LogP contribution < -0.4 is 10.5 Å². The van der Waals surface area contributed by atoms with Crippen molar-refractivity contribution in [2.45, 2.75) is 32.5 Å². The average Bonchev–Trinajstić information content (AvgIpc) is 2.44. The Morgan fingerprint density at radius 2 is 1.95 bits per heavy atom. The largest absolute Gasteiger partial charge is 0.496 e. The van der Waals surface area contributed by atoms with Gasteiger partial charge in [0.15, 0.2) is 0 Å². The molecule has 21 heavy (non-hydrogen) atoms. The highest BCUT2D eigenvalue weighted by molar-refractivity contribution is 7.80. The minimum absolute atomic E-state index is 0.430. The lowest BCUT2D eigenvalue weighted by Crippen LogP contribution is -2.54. The van der Waals surface area contributed by atoms with Gasteiger partial charge in [0.05, 0.1) is 7.11 Å². The molecule has 0 saturated carbocycles. The van der Waals surface area contributed by atoms with Gasteiger partial charge in [-0.25, -0.2) is 0 Å². The van der Waals surface area contributed by atoms with E-state index in [1.165, 1.54) is 0 Å². The number of nitrogens with zero attached hydrogens (tertiary/aromatic N) is 2. The number of rotatable bonds is 4. The lowest BCUT2D eigenvalue weighted by molar-refractivity contribution is 0.0552. The summed E-state index contributed by atoms with van der Waals surface area (Å²) in [6, 6.07) is 7.03. The van der Waals surface area contributed by atoms with Crippen LogP contribution in [-0.2, 0) is 6.54 Å². The summed E-state index contributed by atoms with van der Waals surface area (Å²) in [7, 11) is 3.90. The molecule has 116 valence electrons. The molecule has 1 aromatic carbocycles. The smallest absolute Gasteiger partial charge is 0.123 e. The lowest BCUT2D eigenvalue weighted by Gasteiger charge is -2.42. The van der Waals surface area contributed by atoms with Crippen molar-refractivity contribution in [1.29, 1.82) is 0 Å². The third-order valence-electron chi connectivity index (χ3n) is 4.39. The number of nitrogens with two attached hydrogens (primary N) is 1. The van der Waals surface area contributed by atoms with Gasteiger partial charge in [-0.2, -0.15) is 0 Å². The van der Waals surface area contributed by atoms with Gasteiger partial charge in [0, 0.05) is 42.8 Å². The van der Waals surface area contributed by atoms with E-state index in [2.05, 4.69) is 36.8 Å². The highest BCUT2D eigenvalue weighted by Crippen LogP contribution is 2.24. The van der Waals surface area contributed by atoms with E-state index in [1.807, 2.05) is 12.1 Å².